The number of sulfonamides is 1. The highest BCUT2D eigenvalue weighted by atomic mass is 35.5. The van der Waals surface area contributed by atoms with E-state index in [0.717, 1.165) is 15.4 Å². The summed E-state index contributed by atoms with van der Waals surface area (Å²) in [5.74, 6) is -0.792. The van der Waals surface area contributed by atoms with Crippen LogP contribution in [0.15, 0.2) is 83.8 Å². The first kappa shape index (κ1) is 31.2. The number of anilines is 1. The van der Waals surface area contributed by atoms with Gasteiger partial charge in [0.2, 0.25) is 11.8 Å². The Kier molecular flexibility index (Phi) is 10.4. The zero-order chi connectivity index (χ0) is 29.5. The van der Waals surface area contributed by atoms with Gasteiger partial charge in [-0.3, -0.25) is 13.9 Å². The van der Waals surface area contributed by atoms with Crippen molar-refractivity contribution >= 4 is 39.1 Å². The minimum atomic E-state index is -4.11. The number of benzene rings is 3. The largest absolute Gasteiger partial charge is 0.350 e. The van der Waals surface area contributed by atoms with Crippen LogP contribution in [0.3, 0.4) is 0 Å². The number of aryl methyl sites for hydroxylation is 1. The molecule has 0 aliphatic carbocycles. The summed E-state index contributed by atoms with van der Waals surface area (Å²) < 4.78 is 29.1. The number of nitrogens with zero attached hydrogens (tertiary/aromatic N) is 2. The Labute approximate surface area is 243 Å². The average molecular weight is 584 g/mol. The summed E-state index contributed by atoms with van der Waals surface area (Å²) in [6.07, 6.45) is 0.920. The summed E-state index contributed by atoms with van der Waals surface area (Å²) in [6.45, 7) is 9.03. The van der Waals surface area contributed by atoms with Crippen LogP contribution in [0.25, 0.3) is 0 Å². The number of halogens is 1. The highest BCUT2D eigenvalue weighted by Gasteiger charge is 2.35. The molecule has 214 valence electrons. The lowest BCUT2D eigenvalue weighted by Gasteiger charge is -2.35. The van der Waals surface area contributed by atoms with Crippen LogP contribution in [-0.4, -0.2) is 43.3 Å². The fourth-order valence-corrected chi connectivity index (χ4v) is 6.04. The molecular weight excluding hydrogens is 546 g/mol. The number of carbonyl (C=O) groups is 2. The Morgan fingerprint density at radius 1 is 0.900 bits per heavy atom. The smallest absolute Gasteiger partial charge is 0.264 e. The summed E-state index contributed by atoms with van der Waals surface area (Å²) in [6, 6.07) is 21.4. The first-order valence-corrected chi connectivity index (χ1v) is 15.2. The Morgan fingerprint density at radius 2 is 1.50 bits per heavy atom. The minimum absolute atomic E-state index is 0.0791. The van der Waals surface area contributed by atoms with Crippen molar-refractivity contribution in [2.45, 2.75) is 70.5 Å². The molecule has 40 heavy (non-hydrogen) atoms. The van der Waals surface area contributed by atoms with E-state index in [2.05, 4.69) is 5.32 Å². The van der Waals surface area contributed by atoms with Crippen molar-refractivity contribution < 1.29 is 18.0 Å². The molecule has 0 unspecified atom stereocenters. The van der Waals surface area contributed by atoms with Crippen LogP contribution in [0.1, 0.15) is 52.2 Å². The molecule has 0 aliphatic heterocycles. The quantitative estimate of drug-likeness (QED) is 0.308. The van der Waals surface area contributed by atoms with Crippen molar-refractivity contribution in [2.75, 3.05) is 10.8 Å². The van der Waals surface area contributed by atoms with E-state index in [0.29, 0.717) is 23.6 Å². The molecule has 0 aliphatic rings. The molecule has 0 spiro atoms. The summed E-state index contributed by atoms with van der Waals surface area (Å²) in [5.41, 5.74) is 1.48. The molecule has 7 nitrogen and oxygen atoms in total. The lowest BCUT2D eigenvalue weighted by atomic mass is 10.1. The summed E-state index contributed by atoms with van der Waals surface area (Å²) >= 11 is 6.08. The van der Waals surface area contributed by atoms with Gasteiger partial charge in [0.25, 0.3) is 10.0 Å². The molecule has 9 heteroatoms. The molecule has 3 rings (SSSR count). The molecule has 0 fully saturated rings. The summed E-state index contributed by atoms with van der Waals surface area (Å²) in [4.78, 5) is 29.1. The molecule has 0 heterocycles. The second-order valence-electron chi connectivity index (χ2n) is 10.6. The first-order valence-electron chi connectivity index (χ1n) is 13.4. The van der Waals surface area contributed by atoms with Crippen LogP contribution >= 0.6 is 11.6 Å². The number of nitrogens with one attached hydrogen (secondary N) is 1. The van der Waals surface area contributed by atoms with Crippen molar-refractivity contribution in [1.82, 2.24) is 10.2 Å². The molecule has 1 N–H and O–H groups in total. The highest BCUT2D eigenvalue weighted by Crippen LogP contribution is 2.28. The Balaban J connectivity index is 2.09. The van der Waals surface area contributed by atoms with Gasteiger partial charge in [0.1, 0.15) is 12.6 Å². The second kappa shape index (κ2) is 13.3. The fourth-order valence-electron chi connectivity index (χ4n) is 4.45. The maximum atomic E-state index is 14.2. The molecule has 1 atom stereocenters. The Morgan fingerprint density at radius 3 is 2.08 bits per heavy atom. The van der Waals surface area contributed by atoms with Crippen LogP contribution < -0.4 is 9.62 Å². The van der Waals surface area contributed by atoms with Gasteiger partial charge in [0.05, 0.1) is 10.6 Å². The number of carbonyl (C=O) groups excluding carboxylic acids is 2. The Bertz CT molecular complexity index is 1400. The van der Waals surface area contributed by atoms with E-state index < -0.39 is 34.1 Å². The molecule has 0 saturated heterocycles. The highest BCUT2D eigenvalue weighted by molar-refractivity contribution is 7.92. The van der Waals surface area contributed by atoms with E-state index >= 15 is 0 Å². The lowest BCUT2D eigenvalue weighted by molar-refractivity contribution is -0.141. The van der Waals surface area contributed by atoms with E-state index in [1.165, 1.54) is 17.0 Å². The molecular formula is C31H38ClN3O4S. The lowest BCUT2D eigenvalue weighted by Crippen LogP contribution is -2.55. The zero-order valence-electron chi connectivity index (χ0n) is 23.7. The molecule has 0 radical (unpaired) electrons. The molecule has 3 aromatic rings. The average Bonchev–Trinajstić information content (AvgIpc) is 2.92. The van der Waals surface area contributed by atoms with Gasteiger partial charge in [-0.15, -0.1) is 0 Å². The maximum absolute atomic E-state index is 14.2. The topological polar surface area (TPSA) is 86.8 Å². The van der Waals surface area contributed by atoms with Crippen molar-refractivity contribution in [1.29, 1.82) is 0 Å². The van der Waals surface area contributed by atoms with E-state index in [-0.39, 0.29) is 17.3 Å². The predicted octanol–water partition coefficient (Wildman–Crippen LogP) is 5.82. The molecule has 0 bridgehead atoms. The number of amides is 2. The van der Waals surface area contributed by atoms with Crippen molar-refractivity contribution in [3.63, 3.8) is 0 Å². The number of rotatable bonds is 11. The Hall–Kier alpha value is -3.36. The predicted molar refractivity (Wildman–Crippen MR) is 161 cm³/mol. The monoisotopic (exact) mass is 583 g/mol. The fraction of sp³-hybridized carbons (Fsp3) is 0.355. The van der Waals surface area contributed by atoms with Crippen LogP contribution in [0.5, 0.6) is 0 Å². The summed E-state index contributed by atoms with van der Waals surface area (Å²) in [5, 5.41) is 3.53. The van der Waals surface area contributed by atoms with Gasteiger partial charge >= 0.3 is 0 Å². The SMILES string of the molecule is CCc1ccccc1N(CC(=O)N(Cc1ccc(Cl)cc1)[C@@H](CC)C(=O)NC(C)(C)C)S(=O)(=O)c1ccccc1. The van der Waals surface area contributed by atoms with Gasteiger partial charge in [-0.25, -0.2) is 8.42 Å². The van der Waals surface area contributed by atoms with Gasteiger partial charge in [-0.1, -0.05) is 74.0 Å². The van der Waals surface area contributed by atoms with Gasteiger partial charge in [0.15, 0.2) is 0 Å². The maximum Gasteiger partial charge on any atom is 0.264 e. The molecule has 2 amide bonds. The number of hydrogen-bond donors (Lipinski definition) is 1. The van der Waals surface area contributed by atoms with Gasteiger partial charge in [-0.2, -0.15) is 0 Å². The first-order chi connectivity index (χ1) is 18.9. The second-order valence-corrected chi connectivity index (χ2v) is 12.9. The third-order valence-corrected chi connectivity index (χ3v) is 8.43. The number of hydrogen-bond acceptors (Lipinski definition) is 4. The van der Waals surface area contributed by atoms with Crippen LogP contribution in [-0.2, 0) is 32.6 Å². The van der Waals surface area contributed by atoms with Crippen LogP contribution in [0.2, 0.25) is 5.02 Å². The summed E-state index contributed by atoms with van der Waals surface area (Å²) in [7, 11) is -4.11. The third-order valence-electron chi connectivity index (χ3n) is 6.40. The van der Waals surface area contributed by atoms with Crippen LogP contribution in [0, 0.1) is 0 Å². The van der Waals surface area contributed by atoms with Crippen LogP contribution in [0.4, 0.5) is 5.69 Å². The third kappa shape index (κ3) is 7.86. The number of para-hydroxylation sites is 1. The van der Waals surface area contributed by atoms with Crippen molar-refractivity contribution in [3.05, 3.63) is 95.0 Å². The van der Waals surface area contributed by atoms with E-state index in [4.69, 9.17) is 11.6 Å². The molecule has 3 aromatic carbocycles. The normalized spacial score (nSPS) is 12.4. The minimum Gasteiger partial charge on any atom is -0.350 e. The van der Waals surface area contributed by atoms with Crippen molar-refractivity contribution in [2.24, 2.45) is 0 Å². The van der Waals surface area contributed by atoms with Gasteiger partial charge < -0.3 is 10.2 Å². The van der Waals surface area contributed by atoms with Gasteiger partial charge in [0, 0.05) is 17.1 Å². The van der Waals surface area contributed by atoms with E-state index in [1.807, 2.05) is 46.8 Å². The van der Waals surface area contributed by atoms with E-state index in [1.54, 1.807) is 54.6 Å². The zero-order valence-corrected chi connectivity index (χ0v) is 25.3. The van der Waals surface area contributed by atoms with E-state index in [9.17, 15) is 18.0 Å². The molecule has 0 aromatic heterocycles. The van der Waals surface area contributed by atoms with Crippen molar-refractivity contribution in [3.8, 4) is 0 Å². The van der Waals surface area contributed by atoms with Gasteiger partial charge in [-0.05, 0) is 75.1 Å². The standard InChI is InChI=1S/C31H38ClN3O4S/c1-6-24-13-11-12-16-28(24)35(40(38,39)26-14-9-8-10-15-26)22-29(36)34(21-23-17-19-25(32)20-18-23)27(7-2)30(37)33-31(3,4)5/h8-20,27H,6-7,21-22H2,1-5H3,(H,33,37)/t27-/m0/s1. The molecule has 0 saturated carbocycles.